The number of methoxy groups -OCH3 is 6. The third-order valence-electron chi connectivity index (χ3n) is 8.73. The van der Waals surface area contributed by atoms with Gasteiger partial charge in [-0.25, -0.2) is 0 Å². The second-order valence-electron chi connectivity index (χ2n) is 12.8. The van der Waals surface area contributed by atoms with Gasteiger partial charge in [-0.1, -0.05) is 16.6 Å². The van der Waals surface area contributed by atoms with Crippen LogP contribution in [-0.4, -0.2) is 42.7 Å². The minimum absolute atomic E-state index is 0.151. The molecule has 1 aliphatic heterocycles. The topological polar surface area (TPSA) is 139 Å². The normalized spacial score (nSPS) is 16.0. The van der Waals surface area contributed by atoms with Crippen LogP contribution in [-0.2, 0) is 6.16 Å². The first-order chi connectivity index (χ1) is 29.2. The molecule has 0 amide bonds. The summed E-state index contributed by atoms with van der Waals surface area (Å²) in [6.45, 7) is 0. The fourth-order valence-electron chi connectivity index (χ4n) is 5.73. The molecule has 0 fully saturated rings. The molecule has 1 aliphatic rings. The van der Waals surface area contributed by atoms with Crippen molar-refractivity contribution in [2.75, 3.05) is 42.7 Å². The van der Waals surface area contributed by atoms with E-state index in [9.17, 15) is 0 Å². The lowest BCUT2D eigenvalue weighted by Gasteiger charge is -2.34. The lowest BCUT2D eigenvalue weighted by Crippen LogP contribution is -2.10. The highest BCUT2D eigenvalue weighted by Crippen LogP contribution is 2.79. The average molecular weight is 872 g/mol. The van der Waals surface area contributed by atoms with E-state index >= 15 is 0 Å². The predicted octanol–water partition coefficient (Wildman–Crippen LogP) is 12.6. The molecule has 0 bridgehead atoms. The summed E-state index contributed by atoms with van der Waals surface area (Å²) in [4.78, 5) is 0. The lowest BCUT2D eigenvalue weighted by molar-refractivity contribution is 0.411. The van der Waals surface area contributed by atoms with E-state index in [1.54, 1.807) is 164 Å². The fourth-order valence-corrected chi connectivity index (χ4v) is 15.9. The molecular weight excluding hydrogens is 827 g/mol. The van der Waals surface area contributed by atoms with Crippen LogP contribution in [0.4, 0.5) is 0 Å². The van der Waals surface area contributed by atoms with Crippen molar-refractivity contribution in [3.8, 4) is 63.2 Å². The highest BCUT2D eigenvalue weighted by molar-refractivity contribution is 7.80. The molecule has 0 spiro atoms. The molecule has 0 radical (unpaired) electrons. The van der Waals surface area contributed by atoms with Crippen molar-refractivity contribution in [2.45, 2.75) is 6.16 Å². The SMILES string of the molecule is COc1ccc(CP2(Oc3ccc(OC)cc3)=NP(Oc3ccc(OC)cc3)(Oc3ccc(OC)cc3)=NP(Oc3ccc(OC)cc3)(Oc3ccc(OC)cc3)=N2)cc1. The van der Waals surface area contributed by atoms with Gasteiger partial charge in [0, 0.05) is 0 Å². The molecule has 7 rings (SSSR count). The van der Waals surface area contributed by atoms with Crippen LogP contribution < -0.4 is 51.0 Å². The predicted molar refractivity (Wildman–Crippen MR) is 233 cm³/mol. The number of nitrogens with zero attached hydrogens (tertiary/aromatic N) is 3. The van der Waals surface area contributed by atoms with Crippen molar-refractivity contribution in [3.05, 3.63) is 151 Å². The molecule has 1 atom stereocenters. The van der Waals surface area contributed by atoms with E-state index in [2.05, 4.69) is 0 Å². The number of ether oxygens (including phenoxy) is 6. The maximum absolute atomic E-state index is 7.10. The average Bonchev–Trinajstić information content (AvgIpc) is 3.27. The number of benzene rings is 6. The number of rotatable bonds is 18. The molecule has 0 saturated heterocycles. The van der Waals surface area contributed by atoms with Gasteiger partial charge < -0.3 is 51.0 Å². The van der Waals surface area contributed by atoms with Crippen molar-refractivity contribution in [1.29, 1.82) is 0 Å². The molecule has 6 aromatic carbocycles. The van der Waals surface area contributed by atoms with Gasteiger partial charge in [-0.3, -0.25) is 0 Å². The summed E-state index contributed by atoms with van der Waals surface area (Å²) in [7, 11) is -2.17. The molecule has 14 nitrogen and oxygen atoms in total. The van der Waals surface area contributed by atoms with Crippen LogP contribution >= 0.6 is 22.8 Å². The standard InChI is InChI=1S/C43H44N3O11P3/c1-47-33-9-7-32(8-10-33)31-58(53-39-21-11-34(48-2)12-22-39)44-59(54-40-23-13-35(49-3)14-24-40,55-41-25-15-36(50-4)16-26-41)46-60(45-58,56-42-27-17-37(51-5)18-28-42)57-43-29-19-38(52-6)20-30-43/h7-30H,31H2,1-6H3. The van der Waals surface area contributed by atoms with Crippen LogP contribution in [0.25, 0.3) is 0 Å². The summed E-state index contributed by atoms with van der Waals surface area (Å²) in [5, 5.41) is 0. The van der Waals surface area contributed by atoms with Gasteiger partial charge in [-0.05, 0) is 139 Å². The Morgan fingerprint density at radius 1 is 0.283 bits per heavy atom. The molecule has 0 aromatic heterocycles. The Morgan fingerprint density at radius 2 is 0.517 bits per heavy atom. The smallest absolute Gasteiger partial charge is 0.458 e. The maximum Gasteiger partial charge on any atom is 0.458 e. The van der Waals surface area contributed by atoms with Crippen molar-refractivity contribution >= 4 is 22.8 Å². The van der Waals surface area contributed by atoms with E-state index in [0.717, 1.165) is 5.56 Å². The summed E-state index contributed by atoms with van der Waals surface area (Å²) in [5.74, 6) is 5.77. The van der Waals surface area contributed by atoms with Gasteiger partial charge in [-0.15, -0.1) is 9.03 Å². The minimum Gasteiger partial charge on any atom is -0.497 e. The zero-order chi connectivity index (χ0) is 42.0. The zero-order valence-electron chi connectivity index (χ0n) is 33.7. The van der Waals surface area contributed by atoms with Crippen molar-refractivity contribution in [3.63, 3.8) is 0 Å². The second-order valence-corrected chi connectivity index (χ2v) is 19.4. The first-order valence-electron chi connectivity index (χ1n) is 18.4. The van der Waals surface area contributed by atoms with E-state index in [4.69, 9.17) is 64.6 Å². The third kappa shape index (κ3) is 10.3. The molecule has 0 aliphatic carbocycles. The van der Waals surface area contributed by atoms with Crippen LogP contribution in [0.15, 0.2) is 159 Å². The van der Waals surface area contributed by atoms with E-state index in [0.29, 0.717) is 63.2 Å². The Hall–Kier alpha value is -6.19. The molecular formula is C43H44N3O11P3. The Morgan fingerprint density at radius 3 is 0.800 bits per heavy atom. The Bertz CT molecular complexity index is 2060. The van der Waals surface area contributed by atoms with E-state index in [-0.39, 0.29) is 6.16 Å². The summed E-state index contributed by atoms with van der Waals surface area (Å²) in [5.41, 5.74) is 0.825. The van der Waals surface area contributed by atoms with Gasteiger partial charge in [0.05, 0.1) is 48.8 Å². The Kier molecular flexibility index (Phi) is 13.2. The van der Waals surface area contributed by atoms with Gasteiger partial charge in [0.1, 0.15) is 63.2 Å². The maximum atomic E-state index is 7.10. The van der Waals surface area contributed by atoms with Crippen molar-refractivity contribution < 1.29 is 51.0 Å². The Balaban J connectivity index is 1.55. The summed E-state index contributed by atoms with van der Waals surface area (Å²) < 4.78 is 84.0. The van der Waals surface area contributed by atoms with Crippen molar-refractivity contribution in [1.82, 2.24) is 0 Å². The number of hydrogen-bond donors (Lipinski definition) is 0. The first-order valence-corrected chi connectivity index (χ1v) is 23.3. The largest absolute Gasteiger partial charge is 0.497 e. The molecule has 0 N–H and O–H groups in total. The van der Waals surface area contributed by atoms with Crippen molar-refractivity contribution in [2.24, 2.45) is 13.5 Å². The second kappa shape index (κ2) is 18.8. The minimum atomic E-state index is -4.03. The van der Waals surface area contributed by atoms with E-state index < -0.39 is 22.8 Å². The van der Waals surface area contributed by atoms with Crippen LogP contribution in [0.5, 0.6) is 63.2 Å². The molecule has 17 heteroatoms. The molecule has 6 aromatic rings. The summed E-state index contributed by atoms with van der Waals surface area (Å²) in [6, 6.07) is 42.9. The summed E-state index contributed by atoms with van der Waals surface area (Å²) >= 11 is 0. The molecule has 60 heavy (non-hydrogen) atoms. The zero-order valence-corrected chi connectivity index (χ0v) is 36.4. The number of hydrogen-bond acceptors (Lipinski definition) is 14. The van der Waals surface area contributed by atoms with Gasteiger partial charge in [0.2, 0.25) is 0 Å². The molecule has 1 heterocycles. The molecule has 312 valence electrons. The van der Waals surface area contributed by atoms with Gasteiger partial charge >= 0.3 is 15.3 Å². The monoisotopic (exact) mass is 871 g/mol. The lowest BCUT2D eigenvalue weighted by atomic mass is 10.2. The van der Waals surface area contributed by atoms with Crippen LogP contribution in [0.2, 0.25) is 0 Å². The van der Waals surface area contributed by atoms with Crippen LogP contribution in [0.3, 0.4) is 0 Å². The highest BCUT2D eigenvalue weighted by atomic mass is 31.3. The van der Waals surface area contributed by atoms with Crippen LogP contribution in [0, 0.1) is 0 Å². The molecule has 1 unspecified atom stereocenters. The Labute approximate surface area is 349 Å². The molecule has 0 saturated carbocycles. The van der Waals surface area contributed by atoms with Gasteiger partial charge in [0.15, 0.2) is 0 Å². The van der Waals surface area contributed by atoms with Crippen LogP contribution in [0.1, 0.15) is 5.56 Å². The quantitative estimate of drug-likeness (QED) is 0.0763. The van der Waals surface area contributed by atoms with E-state index in [1.165, 1.54) is 0 Å². The summed E-state index contributed by atoms with van der Waals surface area (Å²) in [6.07, 6.45) is 0.151. The van der Waals surface area contributed by atoms with E-state index in [1.807, 2.05) is 24.3 Å². The first kappa shape index (κ1) is 42.0. The fraction of sp³-hybridized carbons (Fsp3) is 0.163. The van der Waals surface area contributed by atoms with Gasteiger partial charge in [0.25, 0.3) is 7.43 Å². The van der Waals surface area contributed by atoms with Gasteiger partial charge in [-0.2, -0.15) is 0 Å². The third-order valence-corrected chi connectivity index (χ3v) is 17.7. The highest BCUT2D eigenvalue weighted by Gasteiger charge is 2.47.